The molecule has 1 aromatic heterocycles. The van der Waals surface area contributed by atoms with E-state index in [0.717, 1.165) is 5.52 Å². The van der Waals surface area contributed by atoms with E-state index >= 15 is 0 Å². The predicted molar refractivity (Wildman–Crippen MR) is 142 cm³/mol. The predicted octanol–water partition coefficient (Wildman–Crippen LogP) is 3.03. The maximum atomic E-state index is 14.5. The largest absolute Gasteiger partial charge is 0.496 e. The van der Waals surface area contributed by atoms with Crippen molar-refractivity contribution in [2.45, 2.75) is 31.3 Å². The number of halogens is 1. The average Bonchev–Trinajstić information content (AvgIpc) is 3.35. The highest BCUT2D eigenvalue weighted by molar-refractivity contribution is 6.36. The standard InChI is InChI=1S/C28H26ClN3O7/c1-12-8-15-21(14(10-20(33)30-15)13-6-7-16-17(9-13)32(3)27(36)31(16)2)25(34)28(12)26(35)22-18(37-4)11-19(38-5)23(29)24(22)39-28/h6-7,9,11-12,14H,8,10H2,1-5H3,(H,30,33)/t12-,14?,28+/m1/s1. The number of nitrogens with zero attached hydrogens (tertiary/aromatic N) is 2. The number of fused-ring (bicyclic) bond motifs is 2. The number of hydrogen-bond donors (Lipinski definition) is 1. The summed E-state index contributed by atoms with van der Waals surface area (Å²) in [6.07, 6.45) is 0.229. The monoisotopic (exact) mass is 551 g/mol. The molecule has 0 saturated carbocycles. The minimum Gasteiger partial charge on any atom is -0.496 e. The van der Waals surface area contributed by atoms with Crippen LogP contribution in [0.25, 0.3) is 11.0 Å². The van der Waals surface area contributed by atoms with Crippen molar-refractivity contribution in [2.24, 2.45) is 20.0 Å². The third-order valence-corrected chi connectivity index (χ3v) is 8.61. The molecule has 3 atom stereocenters. The Morgan fingerprint density at radius 1 is 0.974 bits per heavy atom. The number of allylic oxidation sites excluding steroid dienone is 1. The fraction of sp³-hybridized carbons (Fsp3) is 0.357. The van der Waals surface area contributed by atoms with Gasteiger partial charge >= 0.3 is 5.69 Å². The second kappa shape index (κ2) is 8.47. The highest BCUT2D eigenvalue weighted by atomic mass is 35.5. The van der Waals surface area contributed by atoms with E-state index < -0.39 is 29.0 Å². The molecule has 0 bridgehead atoms. The molecule has 2 aromatic carbocycles. The minimum absolute atomic E-state index is 0.000357. The quantitative estimate of drug-likeness (QED) is 0.497. The van der Waals surface area contributed by atoms with Gasteiger partial charge in [-0.05, 0) is 24.1 Å². The van der Waals surface area contributed by atoms with Crippen molar-refractivity contribution in [2.75, 3.05) is 14.2 Å². The van der Waals surface area contributed by atoms with Crippen LogP contribution in [0.4, 0.5) is 0 Å². The Labute approximate surface area is 228 Å². The van der Waals surface area contributed by atoms with Gasteiger partial charge < -0.3 is 19.5 Å². The van der Waals surface area contributed by atoms with Crippen LogP contribution in [0.15, 0.2) is 40.3 Å². The van der Waals surface area contributed by atoms with Crippen LogP contribution in [-0.4, -0.2) is 46.4 Å². The summed E-state index contributed by atoms with van der Waals surface area (Å²) in [4.78, 5) is 53.9. The first-order chi connectivity index (χ1) is 18.5. The van der Waals surface area contributed by atoms with Crippen LogP contribution in [0.2, 0.25) is 5.02 Å². The zero-order valence-electron chi connectivity index (χ0n) is 22.0. The SMILES string of the molecule is COc1cc(OC)c2c(c1Cl)O[C@@]1(C(=O)C3=C(C[C@H]1C)NC(=O)CC3c1ccc3c(c1)n(C)c(=O)n3C)C2=O. The Kier molecular flexibility index (Phi) is 5.48. The molecule has 0 saturated heterocycles. The van der Waals surface area contributed by atoms with E-state index in [4.69, 9.17) is 25.8 Å². The number of ether oxygens (including phenoxy) is 3. The minimum atomic E-state index is -1.88. The summed E-state index contributed by atoms with van der Waals surface area (Å²) < 4.78 is 20.1. The topological polar surface area (TPSA) is 118 Å². The number of carbonyl (C=O) groups is 3. The Morgan fingerprint density at radius 2 is 1.67 bits per heavy atom. The lowest BCUT2D eigenvalue weighted by molar-refractivity contribution is -0.131. The number of carbonyl (C=O) groups excluding carboxylic acids is 3. The molecule has 3 aliphatic rings. The zero-order valence-corrected chi connectivity index (χ0v) is 22.8. The number of rotatable bonds is 3. The number of ketones is 2. The second-order valence-corrected chi connectivity index (χ2v) is 10.6. The summed E-state index contributed by atoms with van der Waals surface area (Å²) in [5, 5.41) is 2.93. The van der Waals surface area contributed by atoms with Crippen molar-refractivity contribution in [3.8, 4) is 17.2 Å². The molecule has 39 heavy (non-hydrogen) atoms. The number of hydrogen-bond acceptors (Lipinski definition) is 7. The molecular formula is C28H26ClN3O7. The number of methoxy groups -OCH3 is 2. The van der Waals surface area contributed by atoms with Gasteiger partial charge in [-0.25, -0.2) is 4.79 Å². The number of imidazole rings is 1. The summed E-state index contributed by atoms with van der Waals surface area (Å²) in [5.74, 6) is -2.08. The molecule has 0 radical (unpaired) electrons. The number of nitrogens with one attached hydrogen (secondary N) is 1. The van der Waals surface area contributed by atoms with E-state index in [1.165, 1.54) is 29.4 Å². The maximum Gasteiger partial charge on any atom is 0.328 e. The van der Waals surface area contributed by atoms with Gasteiger partial charge in [0, 0.05) is 49.7 Å². The van der Waals surface area contributed by atoms with E-state index in [2.05, 4.69) is 5.32 Å². The van der Waals surface area contributed by atoms with E-state index in [9.17, 15) is 19.2 Å². The smallest absolute Gasteiger partial charge is 0.328 e. The van der Waals surface area contributed by atoms with Crippen molar-refractivity contribution >= 4 is 40.1 Å². The summed E-state index contributed by atoms with van der Waals surface area (Å²) in [6, 6.07) is 6.92. The molecule has 3 heterocycles. The van der Waals surface area contributed by atoms with Gasteiger partial charge in [0.15, 0.2) is 5.75 Å². The van der Waals surface area contributed by atoms with Crippen LogP contribution in [0, 0.1) is 5.92 Å². The third-order valence-electron chi connectivity index (χ3n) is 8.26. The molecule has 1 amide bonds. The van der Waals surface area contributed by atoms with Crippen molar-refractivity contribution in [1.82, 2.24) is 14.5 Å². The van der Waals surface area contributed by atoms with Crippen molar-refractivity contribution in [1.29, 1.82) is 0 Å². The number of aromatic nitrogens is 2. The Hall–Kier alpha value is -4.05. The maximum absolute atomic E-state index is 14.5. The van der Waals surface area contributed by atoms with Crippen LogP contribution < -0.4 is 25.2 Å². The summed E-state index contributed by atoms with van der Waals surface area (Å²) >= 11 is 6.54. The summed E-state index contributed by atoms with van der Waals surface area (Å²) in [6.45, 7) is 1.74. The molecule has 1 unspecified atom stereocenters. The van der Waals surface area contributed by atoms with Crippen molar-refractivity contribution < 1.29 is 28.6 Å². The average molecular weight is 552 g/mol. The number of benzene rings is 2. The molecular weight excluding hydrogens is 526 g/mol. The van der Waals surface area contributed by atoms with E-state index in [-0.39, 0.29) is 52.3 Å². The van der Waals surface area contributed by atoms with E-state index in [1.54, 1.807) is 27.1 Å². The normalized spacial score (nSPS) is 24.1. The van der Waals surface area contributed by atoms with Gasteiger partial charge in [0.2, 0.25) is 23.1 Å². The van der Waals surface area contributed by atoms with Gasteiger partial charge in [0.1, 0.15) is 22.1 Å². The fourth-order valence-corrected chi connectivity index (χ4v) is 6.48. The summed E-state index contributed by atoms with van der Waals surface area (Å²) in [5.41, 5.74) is 0.891. The Bertz CT molecular complexity index is 1730. The highest BCUT2D eigenvalue weighted by Crippen LogP contribution is 2.55. The molecule has 0 fully saturated rings. The van der Waals surface area contributed by atoms with Gasteiger partial charge in [-0.2, -0.15) is 0 Å². The molecule has 1 spiro atoms. The zero-order chi connectivity index (χ0) is 28.0. The number of aryl methyl sites for hydroxylation is 2. The van der Waals surface area contributed by atoms with Gasteiger partial charge in [0.05, 0.1) is 25.3 Å². The van der Waals surface area contributed by atoms with Gasteiger partial charge in [-0.1, -0.05) is 24.6 Å². The first-order valence-corrected chi connectivity index (χ1v) is 12.8. The molecule has 10 nitrogen and oxygen atoms in total. The number of amides is 1. The second-order valence-electron chi connectivity index (χ2n) is 10.2. The van der Waals surface area contributed by atoms with Crippen molar-refractivity contribution in [3.05, 3.63) is 62.2 Å². The molecule has 2 aliphatic heterocycles. The molecule has 202 valence electrons. The van der Waals surface area contributed by atoms with Crippen LogP contribution >= 0.6 is 11.6 Å². The van der Waals surface area contributed by atoms with Crippen LogP contribution in [0.1, 0.15) is 41.6 Å². The molecule has 6 rings (SSSR count). The van der Waals surface area contributed by atoms with Crippen LogP contribution in [0.3, 0.4) is 0 Å². The third kappa shape index (κ3) is 3.21. The first kappa shape index (κ1) is 25.2. The number of Topliss-reactive ketones (excluding diaryl/α,β-unsaturated/α-hetero) is 2. The van der Waals surface area contributed by atoms with E-state index in [1.807, 2.05) is 12.1 Å². The van der Waals surface area contributed by atoms with Gasteiger partial charge in [-0.3, -0.25) is 23.5 Å². The fourth-order valence-electron chi connectivity index (χ4n) is 6.21. The van der Waals surface area contributed by atoms with Crippen molar-refractivity contribution in [3.63, 3.8) is 0 Å². The summed E-state index contributed by atoms with van der Waals surface area (Å²) in [7, 11) is 6.19. The Balaban J connectivity index is 1.51. The molecule has 1 N–H and O–H groups in total. The highest BCUT2D eigenvalue weighted by Gasteiger charge is 2.63. The molecule has 11 heteroatoms. The lowest BCUT2D eigenvalue weighted by atomic mass is 9.66. The Morgan fingerprint density at radius 3 is 2.36 bits per heavy atom. The molecule has 1 aliphatic carbocycles. The lowest BCUT2D eigenvalue weighted by Crippen LogP contribution is -2.59. The molecule has 3 aromatic rings. The van der Waals surface area contributed by atoms with Gasteiger partial charge in [-0.15, -0.1) is 0 Å². The lowest BCUT2D eigenvalue weighted by Gasteiger charge is -2.41. The van der Waals surface area contributed by atoms with Crippen LogP contribution in [0.5, 0.6) is 17.2 Å². The van der Waals surface area contributed by atoms with Gasteiger partial charge in [0.25, 0.3) is 0 Å². The first-order valence-electron chi connectivity index (χ1n) is 12.5. The van der Waals surface area contributed by atoms with E-state index in [0.29, 0.717) is 22.4 Å². The van der Waals surface area contributed by atoms with Crippen LogP contribution in [-0.2, 0) is 23.7 Å².